The van der Waals surface area contributed by atoms with E-state index in [1.54, 1.807) is 30.1 Å². The number of benzene rings is 2. The van der Waals surface area contributed by atoms with Crippen molar-refractivity contribution in [3.63, 3.8) is 0 Å². The number of fused-ring (bicyclic) bond motifs is 2. The molecule has 3 aromatic rings. The van der Waals surface area contributed by atoms with E-state index >= 15 is 0 Å². The fraction of sp³-hybridized carbons (Fsp3) is 0.360. The number of aromatic amines is 1. The predicted octanol–water partition coefficient (Wildman–Crippen LogP) is 2.17. The van der Waals surface area contributed by atoms with Crippen molar-refractivity contribution < 1.29 is 19.5 Å². The van der Waals surface area contributed by atoms with Gasteiger partial charge in [-0.05, 0) is 55.3 Å². The average molecular weight is 479 g/mol. The van der Waals surface area contributed by atoms with Crippen LogP contribution in [-0.4, -0.2) is 68.8 Å². The van der Waals surface area contributed by atoms with Gasteiger partial charge in [0.05, 0.1) is 24.0 Å². The molecule has 2 heterocycles. The number of imidazole rings is 1. The van der Waals surface area contributed by atoms with E-state index in [4.69, 9.17) is 10.8 Å². The van der Waals surface area contributed by atoms with Gasteiger partial charge in [-0.1, -0.05) is 12.1 Å². The number of nitrogens with two attached hydrogens (primary N) is 1. The Morgan fingerprint density at radius 3 is 2.77 bits per heavy atom. The Bertz CT molecular complexity index is 1210. The number of likely N-dealkylation sites (N-methyl/N-ethyl adjacent to an activating group) is 1. The summed E-state index contributed by atoms with van der Waals surface area (Å²) in [6.45, 7) is 1.68. The Morgan fingerprint density at radius 2 is 2.03 bits per heavy atom. The van der Waals surface area contributed by atoms with Crippen LogP contribution in [0.2, 0.25) is 0 Å². The number of H-pyrrole nitrogens is 1. The summed E-state index contributed by atoms with van der Waals surface area (Å²) in [4.78, 5) is 48.5. The van der Waals surface area contributed by atoms with E-state index in [1.165, 1.54) is 4.90 Å². The van der Waals surface area contributed by atoms with E-state index in [0.29, 0.717) is 36.7 Å². The third-order valence-electron chi connectivity index (χ3n) is 6.09. The Balaban J connectivity index is 1.58. The number of carbonyl (C=O) groups is 3. The number of carboxylic acid groups (broad SMARTS) is 1. The van der Waals surface area contributed by atoms with Crippen molar-refractivity contribution in [1.82, 2.24) is 19.8 Å². The smallest absolute Gasteiger partial charge is 0.305 e. The van der Waals surface area contributed by atoms with Crippen LogP contribution >= 0.6 is 0 Å². The molecular formula is C25H30N6O4. The minimum Gasteiger partial charge on any atom is -0.481 e. The number of hydrogen-bond acceptors (Lipinski definition) is 6. The summed E-state index contributed by atoms with van der Waals surface area (Å²) in [7, 11) is 1.63. The maximum absolute atomic E-state index is 13.6. The van der Waals surface area contributed by atoms with E-state index in [-0.39, 0.29) is 24.8 Å². The van der Waals surface area contributed by atoms with Gasteiger partial charge in [0.25, 0.3) is 5.91 Å². The molecule has 0 saturated carbocycles. The van der Waals surface area contributed by atoms with Crippen molar-refractivity contribution in [3.05, 3.63) is 59.4 Å². The molecule has 0 bridgehead atoms. The van der Waals surface area contributed by atoms with Crippen molar-refractivity contribution in [2.24, 2.45) is 5.73 Å². The summed E-state index contributed by atoms with van der Waals surface area (Å²) in [5.41, 5.74) is 9.32. The summed E-state index contributed by atoms with van der Waals surface area (Å²) in [5.74, 6) is -0.806. The van der Waals surface area contributed by atoms with Gasteiger partial charge in [0.15, 0.2) is 0 Å². The number of amides is 2. The largest absolute Gasteiger partial charge is 0.481 e. The maximum atomic E-state index is 13.6. The van der Waals surface area contributed by atoms with Crippen LogP contribution in [0.25, 0.3) is 11.0 Å². The van der Waals surface area contributed by atoms with Crippen LogP contribution in [-0.2, 0) is 22.7 Å². The van der Waals surface area contributed by atoms with E-state index < -0.39 is 12.0 Å². The highest BCUT2D eigenvalue weighted by Gasteiger charge is 2.29. The molecule has 1 aliphatic heterocycles. The molecule has 5 N–H and O–H groups in total. The Kier molecular flexibility index (Phi) is 7.31. The Hall–Kier alpha value is -3.92. The molecule has 0 saturated heterocycles. The van der Waals surface area contributed by atoms with Gasteiger partial charge in [-0.3, -0.25) is 14.4 Å². The SMILES string of the molecule is CN1Cc2cc(C(=O)N(CCCCN)Cc3nc4ccccc4[nH]3)ccc2N[C@@H](CC(=O)O)C1=O. The van der Waals surface area contributed by atoms with Gasteiger partial charge in [0.1, 0.15) is 11.9 Å². The van der Waals surface area contributed by atoms with Crippen LogP contribution in [0.5, 0.6) is 0 Å². The molecule has 1 atom stereocenters. The number of aliphatic carboxylic acids is 1. The minimum atomic E-state index is -1.06. The zero-order chi connectivity index (χ0) is 24.9. The summed E-state index contributed by atoms with van der Waals surface area (Å²) in [5, 5.41) is 12.2. The molecule has 2 amide bonds. The van der Waals surface area contributed by atoms with Gasteiger partial charge < -0.3 is 30.9 Å². The lowest BCUT2D eigenvalue weighted by Gasteiger charge is -2.22. The normalized spacial score (nSPS) is 15.4. The van der Waals surface area contributed by atoms with Gasteiger partial charge in [-0.15, -0.1) is 0 Å². The highest BCUT2D eigenvalue weighted by Crippen LogP contribution is 2.26. The molecule has 2 aromatic carbocycles. The lowest BCUT2D eigenvalue weighted by atomic mass is 10.1. The van der Waals surface area contributed by atoms with Crippen LogP contribution in [0.1, 0.15) is 41.0 Å². The maximum Gasteiger partial charge on any atom is 0.305 e. The van der Waals surface area contributed by atoms with Gasteiger partial charge in [-0.25, -0.2) is 4.98 Å². The molecule has 10 heteroatoms. The first kappa shape index (κ1) is 24.2. The first-order chi connectivity index (χ1) is 16.9. The molecular weight excluding hydrogens is 448 g/mol. The molecule has 0 radical (unpaired) electrons. The number of unbranched alkanes of at least 4 members (excludes halogenated alkanes) is 1. The monoisotopic (exact) mass is 478 g/mol. The molecule has 0 unspecified atom stereocenters. The molecule has 0 spiro atoms. The second-order valence-electron chi connectivity index (χ2n) is 8.78. The van der Waals surface area contributed by atoms with E-state index in [1.807, 2.05) is 24.3 Å². The minimum absolute atomic E-state index is 0.148. The molecule has 1 aliphatic rings. The number of hydrogen-bond donors (Lipinski definition) is 4. The first-order valence-electron chi connectivity index (χ1n) is 11.6. The number of rotatable bonds is 9. The summed E-state index contributed by atoms with van der Waals surface area (Å²) < 4.78 is 0. The lowest BCUT2D eigenvalue weighted by Crippen LogP contribution is -2.39. The van der Waals surface area contributed by atoms with Crippen molar-refractivity contribution in [2.75, 3.05) is 25.5 Å². The van der Waals surface area contributed by atoms with Crippen LogP contribution in [0.3, 0.4) is 0 Å². The third kappa shape index (κ3) is 5.60. The third-order valence-corrected chi connectivity index (χ3v) is 6.09. The van der Waals surface area contributed by atoms with Crippen molar-refractivity contribution >= 4 is 34.5 Å². The van der Waals surface area contributed by atoms with Crippen LogP contribution in [0.15, 0.2) is 42.5 Å². The highest BCUT2D eigenvalue weighted by atomic mass is 16.4. The van der Waals surface area contributed by atoms with E-state index in [9.17, 15) is 14.4 Å². The molecule has 35 heavy (non-hydrogen) atoms. The first-order valence-corrected chi connectivity index (χ1v) is 11.6. The molecule has 1 aromatic heterocycles. The molecule has 4 rings (SSSR count). The highest BCUT2D eigenvalue weighted by molar-refractivity contribution is 5.96. The fourth-order valence-electron chi connectivity index (χ4n) is 4.30. The standard InChI is InChI=1S/C25H30N6O4/c1-30-14-17-12-16(8-9-18(17)27-21(25(30)35)13-23(32)33)24(34)31(11-5-4-10-26)15-22-28-19-6-2-3-7-20(19)29-22/h2-3,6-9,12,21,27H,4-5,10-11,13-15,26H2,1H3,(H,28,29)(H,32,33)/t21-/m0/s1. The summed E-state index contributed by atoms with van der Waals surface area (Å²) in [6.07, 6.45) is 1.24. The molecule has 184 valence electrons. The number of anilines is 1. The summed E-state index contributed by atoms with van der Waals surface area (Å²) >= 11 is 0. The van der Waals surface area contributed by atoms with Gasteiger partial charge in [-0.2, -0.15) is 0 Å². The molecule has 0 aliphatic carbocycles. The zero-order valence-corrected chi connectivity index (χ0v) is 19.7. The van der Waals surface area contributed by atoms with Crippen LogP contribution < -0.4 is 11.1 Å². The fourth-order valence-corrected chi connectivity index (χ4v) is 4.30. The second-order valence-corrected chi connectivity index (χ2v) is 8.78. The number of nitrogens with one attached hydrogen (secondary N) is 2. The van der Waals surface area contributed by atoms with E-state index in [2.05, 4.69) is 15.3 Å². The zero-order valence-electron chi connectivity index (χ0n) is 19.7. The van der Waals surface area contributed by atoms with Crippen LogP contribution in [0.4, 0.5) is 5.69 Å². The van der Waals surface area contributed by atoms with Crippen molar-refractivity contribution in [2.45, 2.75) is 38.4 Å². The lowest BCUT2D eigenvalue weighted by molar-refractivity contribution is -0.141. The van der Waals surface area contributed by atoms with Gasteiger partial charge >= 0.3 is 5.97 Å². The Morgan fingerprint density at radius 1 is 1.23 bits per heavy atom. The molecule has 0 fully saturated rings. The Labute approximate surface area is 203 Å². The van der Waals surface area contributed by atoms with Gasteiger partial charge in [0.2, 0.25) is 5.91 Å². The van der Waals surface area contributed by atoms with Crippen molar-refractivity contribution in [3.8, 4) is 0 Å². The summed E-state index contributed by atoms with van der Waals surface area (Å²) in [6, 6.07) is 12.1. The number of nitrogens with zero attached hydrogens (tertiary/aromatic N) is 3. The number of carbonyl (C=O) groups excluding carboxylic acids is 2. The second kappa shape index (κ2) is 10.6. The number of aromatic nitrogens is 2. The van der Waals surface area contributed by atoms with Crippen LogP contribution in [0, 0.1) is 0 Å². The topological polar surface area (TPSA) is 145 Å². The quantitative estimate of drug-likeness (QED) is 0.345. The number of carboxylic acids is 1. The molecule has 10 nitrogen and oxygen atoms in total. The average Bonchev–Trinajstić information content (AvgIpc) is 3.20. The van der Waals surface area contributed by atoms with Crippen molar-refractivity contribution in [1.29, 1.82) is 0 Å². The predicted molar refractivity (Wildman–Crippen MR) is 132 cm³/mol. The van der Waals surface area contributed by atoms with Gasteiger partial charge in [0, 0.05) is 31.4 Å². The van der Waals surface area contributed by atoms with E-state index in [0.717, 1.165) is 29.4 Å². The number of para-hydroxylation sites is 2.